The van der Waals surface area contributed by atoms with E-state index in [1.54, 1.807) is 16.2 Å². The number of anilines is 2. The lowest BCUT2D eigenvalue weighted by Gasteiger charge is -2.36. The summed E-state index contributed by atoms with van der Waals surface area (Å²) in [5.41, 5.74) is 0.146. The molecule has 6 nitrogen and oxygen atoms in total. The molecular formula is C20H20F3N5OS. The molecule has 2 aromatic heterocycles. The van der Waals surface area contributed by atoms with Crippen molar-refractivity contribution in [3.8, 4) is 0 Å². The van der Waals surface area contributed by atoms with Gasteiger partial charge in [0.1, 0.15) is 5.82 Å². The Balaban J connectivity index is 1.32. The number of benzene rings is 1. The number of alkyl halides is 3. The van der Waals surface area contributed by atoms with Crippen molar-refractivity contribution in [1.82, 2.24) is 14.9 Å². The summed E-state index contributed by atoms with van der Waals surface area (Å²) in [6.45, 7) is 2.26. The van der Waals surface area contributed by atoms with Gasteiger partial charge in [-0.1, -0.05) is 23.5 Å². The van der Waals surface area contributed by atoms with Crippen LogP contribution < -0.4 is 9.80 Å². The Morgan fingerprint density at radius 1 is 1.13 bits per heavy atom. The van der Waals surface area contributed by atoms with Gasteiger partial charge in [0.05, 0.1) is 22.3 Å². The number of pyridine rings is 1. The Morgan fingerprint density at radius 2 is 1.87 bits per heavy atom. The number of hydrogen-bond donors (Lipinski definition) is 0. The number of likely N-dealkylation sites (N-methyl/N-ethyl adjacent to an activating group) is 1. The molecule has 0 bridgehead atoms. The molecule has 1 saturated heterocycles. The predicted octanol–water partition coefficient (Wildman–Crippen LogP) is 3.50. The summed E-state index contributed by atoms with van der Waals surface area (Å²) in [6.07, 6.45) is -3.55. The second-order valence-electron chi connectivity index (χ2n) is 7.09. The smallest absolute Gasteiger partial charge is 0.353 e. The Kier molecular flexibility index (Phi) is 5.50. The van der Waals surface area contributed by atoms with Crippen molar-refractivity contribution in [2.75, 3.05) is 49.6 Å². The molecule has 3 heterocycles. The van der Waals surface area contributed by atoms with E-state index >= 15 is 0 Å². The van der Waals surface area contributed by atoms with Gasteiger partial charge in [0.2, 0.25) is 5.91 Å². The van der Waals surface area contributed by atoms with E-state index in [1.165, 1.54) is 6.07 Å². The van der Waals surface area contributed by atoms with E-state index < -0.39 is 11.7 Å². The van der Waals surface area contributed by atoms with Crippen LogP contribution in [0.15, 0.2) is 42.6 Å². The molecule has 0 aliphatic carbocycles. The molecule has 1 amide bonds. The maximum Gasteiger partial charge on any atom is 0.417 e. The van der Waals surface area contributed by atoms with Crippen LogP contribution in [-0.4, -0.2) is 60.5 Å². The summed E-state index contributed by atoms with van der Waals surface area (Å²) < 4.78 is 39.1. The van der Waals surface area contributed by atoms with Crippen LogP contribution in [0.5, 0.6) is 0 Å². The molecule has 1 aromatic carbocycles. The van der Waals surface area contributed by atoms with E-state index in [9.17, 15) is 18.0 Å². The minimum absolute atomic E-state index is 0.00298. The highest BCUT2D eigenvalue weighted by Crippen LogP contribution is 2.30. The van der Waals surface area contributed by atoms with Crippen LogP contribution in [0, 0.1) is 0 Å². The lowest BCUT2D eigenvalue weighted by atomic mass is 10.2. The number of piperazine rings is 1. The quantitative estimate of drug-likeness (QED) is 0.628. The van der Waals surface area contributed by atoms with Crippen LogP contribution >= 0.6 is 11.3 Å². The molecule has 0 radical (unpaired) electrons. The summed E-state index contributed by atoms with van der Waals surface area (Å²) in [5, 5.41) is 0.789. The Bertz CT molecular complexity index is 996. The second-order valence-corrected chi connectivity index (χ2v) is 8.10. The molecule has 0 spiro atoms. The molecule has 0 saturated carbocycles. The van der Waals surface area contributed by atoms with E-state index in [4.69, 9.17) is 0 Å². The first-order valence-electron chi connectivity index (χ1n) is 9.44. The SMILES string of the molecule is CN(CC(=O)N1CCN(c2ccc(C(F)(F)F)cn2)CC1)c1nc2ccccc2s1. The number of amides is 1. The number of thiazole rings is 1. The number of carbonyl (C=O) groups is 1. The first-order chi connectivity index (χ1) is 14.3. The van der Waals surface area contributed by atoms with Gasteiger partial charge in [-0.3, -0.25) is 4.79 Å². The van der Waals surface area contributed by atoms with Crippen molar-refractivity contribution < 1.29 is 18.0 Å². The average Bonchev–Trinajstić information content (AvgIpc) is 3.18. The Hall–Kier alpha value is -2.88. The normalized spacial score (nSPS) is 14.9. The number of fused-ring (bicyclic) bond motifs is 1. The highest BCUT2D eigenvalue weighted by atomic mass is 32.1. The van der Waals surface area contributed by atoms with Crippen LogP contribution in [0.3, 0.4) is 0 Å². The molecule has 4 rings (SSSR count). The standard InChI is InChI=1S/C20H20F3N5OS/c1-26(19-25-15-4-2-3-5-16(15)30-19)13-18(29)28-10-8-27(9-11-28)17-7-6-14(12-24-17)20(21,22)23/h2-7,12H,8-11,13H2,1H3. The number of para-hydroxylation sites is 1. The van der Waals surface area contributed by atoms with Gasteiger partial charge >= 0.3 is 6.18 Å². The summed E-state index contributed by atoms with van der Waals surface area (Å²) in [7, 11) is 1.85. The maximum atomic E-state index is 12.7. The van der Waals surface area contributed by atoms with Crippen LogP contribution in [0.1, 0.15) is 5.56 Å². The van der Waals surface area contributed by atoms with E-state index in [0.29, 0.717) is 32.0 Å². The summed E-state index contributed by atoms with van der Waals surface area (Å²) in [4.78, 5) is 26.7. The molecule has 10 heteroatoms. The van der Waals surface area contributed by atoms with Crippen molar-refractivity contribution in [3.63, 3.8) is 0 Å². The molecule has 158 valence electrons. The molecular weight excluding hydrogens is 415 g/mol. The van der Waals surface area contributed by atoms with Gasteiger partial charge < -0.3 is 14.7 Å². The summed E-state index contributed by atoms with van der Waals surface area (Å²) in [5.74, 6) is 0.485. The molecule has 0 unspecified atom stereocenters. The van der Waals surface area contributed by atoms with Crippen molar-refractivity contribution in [2.45, 2.75) is 6.18 Å². The Labute approximate surface area is 175 Å². The van der Waals surface area contributed by atoms with E-state index in [-0.39, 0.29) is 12.5 Å². The highest BCUT2D eigenvalue weighted by molar-refractivity contribution is 7.22. The van der Waals surface area contributed by atoms with Gasteiger partial charge in [-0.05, 0) is 24.3 Å². The minimum Gasteiger partial charge on any atom is -0.353 e. The molecule has 30 heavy (non-hydrogen) atoms. The van der Waals surface area contributed by atoms with Gasteiger partial charge in [-0.15, -0.1) is 0 Å². The number of aromatic nitrogens is 2. The zero-order valence-electron chi connectivity index (χ0n) is 16.3. The third-order valence-electron chi connectivity index (χ3n) is 5.01. The largest absolute Gasteiger partial charge is 0.417 e. The highest BCUT2D eigenvalue weighted by Gasteiger charge is 2.31. The van der Waals surface area contributed by atoms with Gasteiger partial charge in [0, 0.05) is 39.4 Å². The third kappa shape index (κ3) is 4.33. The minimum atomic E-state index is -4.40. The molecule has 1 aliphatic heterocycles. The fourth-order valence-corrected chi connectivity index (χ4v) is 4.25. The predicted molar refractivity (Wildman–Crippen MR) is 111 cm³/mol. The fraction of sp³-hybridized carbons (Fsp3) is 0.350. The van der Waals surface area contributed by atoms with Crippen molar-refractivity contribution >= 4 is 38.4 Å². The first kappa shape index (κ1) is 20.4. The van der Waals surface area contributed by atoms with Crippen LogP contribution in [-0.2, 0) is 11.0 Å². The fourth-order valence-electron chi connectivity index (χ4n) is 3.32. The zero-order valence-corrected chi connectivity index (χ0v) is 17.1. The van der Waals surface area contributed by atoms with Gasteiger partial charge in [-0.2, -0.15) is 13.2 Å². The number of hydrogen-bond acceptors (Lipinski definition) is 6. The molecule has 1 fully saturated rings. The lowest BCUT2D eigenvalue weighted by molar-refractivity contribution is -0.137. The van der Waals surface area contributed by atoms with Gasteiger partial charge in [0.25, 0.3) is 0 Å². The monoisotopic (exact) mass is 435 g/mol. The number of nitrogens with zero attached hydrogens (tertiary/aromatic N) is 5. The molecule has 0 atom stereocenters. The second kappa shape index (κ2) is 8.10. The number of halogens is 3. The zero-order chi connectivity index (χ0) is 21.3. The number of rotatable bonds is 4. The first-order valence-corrected chi connectivity index (χ1v) is 10.3. The van der Waals surface area contributed by atoms with E-state index in [2.05, 4.69) is 9.97 Å². The average molecular weight is 435 g/mol. The van der Waals surface area contributed by atoms with Crippen molar-refractivity contribution in [1.29, 1.82) is 0 Å². The van der Waals surface area contributed by atoms with Crippen LogP contribution in [0.2, 0.25) is 0 Å². The van der Waals surface area contributed by atoms with Gasteiger partial charge in [-0.25, -0.2) is 9.97 Å². The molecule has 3 aromatic rings. The lowest BCUT2D eigenvalue weighted by Crippen LogP contribution is -2.51. The third-order valence-corrected chi connectivity index (χ3v) is 6.16. The summed E-state index contributed by atoms with van der Waals surface area (Å²) >= 11 is 1.54. The van der Waals surface area contributed by atoms with E-state index in [0.717, 1.165) is 27.6 Å². The van der Waals surface area contributed by atoms with E-state index in [1.807, 2.05) is 41.1 Å². The van der Waals surface area contributed by atoms with Crippen molar-refractivity contribution in [2.24, 2.45) is 0 Å². The maximum absolute atomic E-state index is 12.7. The van der Waals surface area contributed by atoms with Crippen molar-refractivity contribution in [3.05, 3.63) is 48.2 Å². The van der Waals surface area contributed by atoms with Crippen LogP contribution in [0.25, 0.3) is 10.2 Å². The molecule has 1 aliphatic rings. The Morgan fingerprint density at radius 3 is 2.50 bits per heavy atom. The topological polar surface area (TPSA) is 52.6 Å². The molecule has 0 N–H and O–H groups in total. The van der Waals surface area contributed by atoms with Crippen LogP contribution in [0.4, 0.5) is 24.1 Å². The van der Waals surface area contributed by atoms with Gasteiger partial charge in [0.15, 0.2) is 5.13 Å². The summed E-state index contributed by atoms with van der Waals surface area (Å²) in [6, 6.07) is 10.2. The number of carbonyl (C=O) groups excluding carboxylic acids is 1.